The molecule has 1 unspecified atom stereocenters. The zero-order valence-corrected chi connectivity index (χ0v) is 9.65. The standard InChI is InChI=1S/C12H22S/c1-3-5-6-7-8-9-11-12(13)10-4-2/h2,12-13H,3,5-11H2,1H3. The quantitative estimate of drug-likeness (QED) is 0.339. The maximum Gasteiger partial charge on any atom is 0.0203 e. The summed E-state index contributed by atoms with van der Waals surface area (Å²) in [6, 6.07) is 0. The summed E-state index contributed by atoms with van der Waals surface area (Å²) in [4.78, 5) is 0. The van der Waals surface area contributed by atoms with E-state index in [9.17, 15) is 0 Å². The van der Waals surface area contributed by atoms with Crippen molar-refractivity contribution in [2.24, 2.45) is 0 Å². The van der Waals surface area contributed by atoms with Crippen molar-refractivity contribution in [3.8, 4) is 12.3 Å². The van der Waals surface area contributed by atoms with Crippen LogP contribution < -0.4 is 0 Å². The number of hydrogen-bond acceptors (Lipinski definition) is 1. The van der Waals surface area contributed by atoms with E-state index in [4.69, 9.17) is 6.42 Å². The van der Waals surface area contributed by atoms with Gasteiger partial charge in [-0.25, -0.2) is 0 Å². The van der Waals surface area contributed by atoms with Crippen molar-refractivity contribution in [3.63, 3.8) is 0 Å². The highest BCUT2D eigenvalue weighted by Crippen LogP contribution is 2.13. The summed E-state index contributed by atoms with van der Waals surface area (Å²) >= 11 is 4.41. The molecule has 0 spiro atoms. The van der Waals surface area contributed by atoms with Crippen molar-refractivity contribution in [1.29, 1.82) is 0 Å². The van der Waals surface area contributed by atoms with Gasteiger partial charge in [-0.05, 0) is 6.42 Å². The molecule has 1 atom stereocenters. The van der Waals surface area contributed by atoms with Crippen molar-refractivity contribution in [3.05, 3.63) is 0 Å². The smallest absolute Gasteiger partial charge is 0.0203 e. The first-order chi connectivity index (χ1) is 6.31. The molecule has 0 N–H and O–H groups in total. The van der Waals surface area contributed by atoms with Crippen molar-refractivity contribution >= 4 is 12.6 Å². The summed E-state index contributed by atoms with van der Waals surface area (Å²) in [5.41, 5.74) is 0. The summed E-state index contributed by atoms with van der Waals surface area (Å²) in [6.07, 6.45) is 15.3. The number of rotatable bonds is 8. The zero-order valence-electron chi connectivity index (χ0n) is 8.76. The molecular weight excluding hydrogens is 176 g/mol. The Labute approximate surface area is 88.9 Å². The lowest BCUT2D eigenvalue weighted by Gasteiger charge is -2.05. The van der Waals surface area contributed by atoms with E-state index in [0.29, 0.717) is 5.25 Å². The predicted octanol–water partition coefficient (Wildman–Crippen LogP) is 4.06. The molecular formula is C12H22S. The van der Waals surface area contributed by atoms with Gasteiger partial charge in [0.2, 0.25) is 0 Å². The minimum Gasteiger partial charge on any atom is -0.175 e. The normalized spacial score (nSPS) is 12.4. The molecule has 13 heavy (non-hydrogen) atoms. The van der Waals surface area contributed by atoms with Gasteiger partial charge in [0.25, 0.3) is 0 Å². The Morgan fingerprint density at radius 1 is 1.15 bits per heavy atom. The van der Waals surface area contributed by atoms with Crippen LogP contribution in [0.3, 0.4) is 0 Å². The average Bonchev–Trinajstić information content (AvgIpc) is 2.11. The maximum absolute atomic E-state index is 5.20. The fourth-order valence-corrected chi connectivity index (χ4v) is 1.69. The Morgan fingerprint density at radius 2 is 1.77 bits per heavy atom. The second kappa shape index (κ2) is 9.99. The Kier molecular flexibility index (Phi) is 9.92. The largest absolute Gasteiger partial charge is 0.175 e. The summed E-state index contributed by atoms with van der Waals surface area (Å²) in [7, 11) is 0. The van der Waals surface area contributed by atoms with Crippen molar-refractivity contribution in [2.75, 3.05) is 0 Å². The molecule has 0 bridgehead atoms. The highest BCUT2D eigenvalue weighted by atomic mass is 32.1. The molecule has 0 fully saturated rings. The molecule has 0 rings (SSSR count). The lowest BCUT2D eigenvalue weighted by atomic mass is 10.1. The van der Waals surface area contributed by atoms with Crippen molar-refractivity contribution < 1.29 is 0 Å². The van der Waals surface area contributed by atoms with Gasteiger partial charge < -0.3 is 0 Å². The number of terminal acetylenes is 1. The van der Waals surface area contributed by atoms with Gasteiger partial charge >= 0.3 is 0 Å². The summed E-state index contributed by atoms with van der Waals surface area (Å²) in [6.45, 7) is 2.25. The fourth-order valence-electron chi connectivity index (χ4n) is 1.40. The molecule has 0 saturated heterocycles. The third-order valence-corrected chi connectivity index (χ3v) is 2.69. The summed E-state index contributed by atoms with van der Waals surface area (Å²) in [5, 5.41) is 0.427. The van der Waals surface area contributed by atoms with Crippen molar-refractivity contribution in [1.82, 2.24) is 0 Å². The SMILES string of the molecule is C#CCC(S)CCCCCCCC. The molecule has 0 aromatic rings. The molecule has 0 aliphatic rings. The predicted molar refractivity (Wildman–Crippen MR) is 64.2 cm³/mol. The summed E-state index contributed by atoms with van der Waals surface area (Å²) in [5.74, 6) is 2.65. The molecule has 0 aliphatic heterocycles. The van der Waals surface area contributed by atoms with E-state index in [1.54, 1.807) is 0 Å². The van der Waals surface area contributed by atoms with Crippen LogP contribution in [0, 0.1) is 12.3 Å². The molecule has 0 amide bonds. The first-order valence-electron chi connectivity index (χ1n) is 5.42. The minimum absolute atomic E-state index is 0.427. The number of thiol groups is 1. The van der Waals surface area contributed by atoms with E-state index in [2.05, 4.69) is 25.5 Å². The monoisotopic (exact) mass is 198 g/mol. The molecule has 0 aromatic heterocycles. The van der Waals surface area contributed by atoms with Gasteiger partial charge in [-0.1, -0.05) is 45.4 Å². The van der Waals surface area contributed by atoms with E-state index in [0.717, 1.165) is 6.42 Å². The van der Waals surface area contributed by atoms with Crippen LogP contribution in [0.2, 0.25) is 0 Å². The second-order valence-corrected chi connectivity index (χ2v) is 4.35. The van der Waals surface area contributed by atoms with Crippen LogP contribution in [-0.2, 0) is 0 Å². The third-order valence-electron chi connectivity index (χ3n) is 2.24. The zero-order chi connectivity index (χ0) is 9.94. The Bertz CT molecular complexity index is 135. The first-order valence-corrected chi connectivity index (χ1v) is 5.94. The molecule has 0 nitrogen and oxygen atoms in total. The van der Waals surface area contributed by atoms with Crippen LogP contribution >= 0.6 is 12.6 Å². The lowest BCUT2D eigenvalue weighted by Crippen LogP contribution is -1.96. The topological polar surface area (TPSA) is 0 Å². The van der Waals surface area contributed by atoms with Crippen LogP contribution in [0.4, 0.5) is 0 Å². The fraction of sp³-hybridized carbons (Fsp3) is 0.833. The highest BCUT2D eigenvalue weighted by molar-refractivity contribution is 7.80. The molecule has 0 saturated carbocycles. The van der Waals surface area contributed by atoms with E-state index in [-0.39, 0.29) is 0 Å². The second-order valence-electron chi connectivity index (χ2n) is 3.62. The van der Waals surface area contributed by atoms with Crippen LogP contribution in [0.5, 0.6) is 0 Å². The molecule has 0 aromatic carbocycles. The average molecular weight is 198 g/mol. The van der Waals surface area contributed by atoms with Gasteiger partial charge in [0.05, 0.1) is 0 Å². The lowest BCUT2D eigenvalue weighted by molar-refractivity contribution is 0.584. The highest BCUT2D eigenvalue weighted by Gasteiger charge is 1.99. The minimum atomic E-state index is 0.427. The molecule has 0 radical (unpaired) electrons. The first kappa shape index (κ1) is 12.9. The molecule has 1 heteroatoms. The van der Waals surface area contributed by atoms with Gasteiger partial charge in [0.15, 0.2) is 0 Å². The van der Waals surface area contributed by atoms with Crippen LogP contribution in [-0.4, -0.2) is 5.25 Å². The Hall–Kier alpha value is -0.0900. The maximum atomic E-state index is 5.20. The van der Waals surface area contributed by atoms with E-state index in [1.165, 1.54) is 44.9 Å². The molecule has 0 aliphatic carbocycles. The third kappa shape index (κ3) is 9.83. The Balaban J connectivity index is 3.03. The van der Waals surface area contributed by atoms with Crippen LogP contribution in [0.1, 0.15) is 58.3 Å². The number of unbranched alkanes of at least 4 members (excludes halogenated alkanes) is 5. The Morgan fingerprint density at radius 3 is 2.38 bits per heavy atom. The van der Waals surface area contributed by atoms with E-state index in [1.807, 2.05) is 0 Å². The van der Waals surface area contributed by atoms with Crippen molar-refractivity contribution in [2.45, 2.75) is 63.5 Å². The van der Waals surface area contributed by atoms with E-state index < -0.39 is 0 Å². The van der Waals surface area contributed by atoms with Gasteiger partial charge in [-0.15, -0.1) is 12.3 Å². The molecule has 0 heterocycles. The van der Waals surface area contributed by atoms with Gasteiger partial charge in [0, 0.05) is 11.7 Å². The number of hydrogen-bond donors (Lipinski definition) is 1. The van der Waals surface area contributed by atoms with Gasteiger partial charge in [-0.3, -0.25) is 0 Å². The van der Waals surface area contributed by atoms with Gasteiger partial charge in [-0.2, -0.15) is 12.6 Å². The van der Waals surface area contributed by atoms with E-state index >= 15 is 0 Å². The van der Waals surface area contributed by atoms with Gasteiger partial charge in [0.1, 0.15) is 0 Å². The summed E-state index contributed by atoms with van der Waals surface area (Å²) < 4.78 is 0. The van der Waals surface area contributed by atoms with Crippen LogP contribution in [0.25, 0.3) is 0 Å². The molecule has 76 valence electrons. The van der Waals surface area contributed by atoms with Crippen LogP contribution in [0.15, 0.2) is 0 Å².